The second-order valence-corrected chi connectivity index (χ2v) is 3.25. The van der Waals surface area contributed by atoms with Crippen LogP contribution in [0.25, 0.3) is 0 Å². The molecule has 0 spiro atoms. The van der Waals surface area contributed by atoms with Crippen LogP contribution in [0.1, 0.15) is 5.69 Å². The summed E-state index contributed by atoms with van der Waals surface area (Å²) in [5.74, 6) is -0.786. The van der Waals surface area contributed by atoms with Crippen molar-refractivity contribution in [2.24, 2.45) is 0 Å². The van der Waals surface area contributed by atoms with E-state index in [9.17, 15) is 22.0 Å². The van der Waals surface area contributed by atoms with Crippen molar-refractivity contribution in [2.75, 3.05) is 0 Å². The van der Waals surface area contributed by atoms with Crippen LogP contribution in [0.3, 0.4) is 0 Å². The number of rotatable bonds is 2. The number of ether oxygens (including phenoxy) is 1. The van der Waals surface area contributed by atoms with Crippen molar-refractivity contribution in [3.8, 4) is 5.75 Å². The Morgan fingerprint density at radius 1 is 1.25 bits per heavy atom. The highest BCUT2D eigenvalue weighted by atomic mass is 35.5. The maximum absolute atomic E-state index is 12.2. The summed E-state index contributed by atoms with van der Waals surface area (Å²) in [6, 6.07) is 0.352. The summed E-state index contributed by atoms with van der Waals surface area (Å²) < 4.78 is 64.0. The Hall–Kier alpha value is -0.820. The van der Waals surface area contributed by atoms with Gasteiger partial charge in [0, 0.05) is 0 Å². The fourth-order valence-corrected chi connectivity index (χ4v) is 1.34. The van der Waals surface area contributed by atoms with Crippen molar-refractivity contribution in [3.05, 3.63) is 21.9 Å². The van der Waals surface area contributed by atoms with Gasteiger partial charge in [-0.25, -0.2) is 4.98 Å². The maximum atomic E-state index is 12.2. The van der Waals surface area contributed by atoms with Crippen LogP contribution in [0.4, 0.5) is 22.0 Å². The number of hydrogen-bond donors (Lipinski definition) is 0. The summed E-state index contributed by atoms with van der Waals surface area (Å²) in [5.41, 5.74) is -1.39. The minimum atomic E-state index is -4.77. The van der Waals surface area contributed by atoms with Crippen molar-refractivity contribution >= 4 is 23.2 Å². The third-order valence-electron chi connectivity index (χ3n) is 1.38. The van der Waals surface area contributed by atoms with Crippen LogP contribution in [0.15, 0.2) is 6.07 Å². The largest absolute Gasteiger partial charge is 0.433 e. The lowest BCUT2D eigenvalue weighted by molar-refractivity contribution is -0.141. The average Bonchev–Trinajstić information content (AvgIpc) is 2.09. The molecule has 1 rings (SSSR count). The number of nitrogens with zero attached hydrogens (tertiary/aromatic N) is 1. The summed E-state index contributed by atoms with van der Waals surface area (Å²) in [4.78, 5) is 2.86. The summed E-state index contributed by atoms with van der Waals surface area (Å²) in [5, 5.41) is -1.56. The van der Waals surface area contributed by atoms with Crippen molar-refractivity contribution in [3.63, 3.8) is 0 Å². The molecule has 2 nitrogen and oxygen atoms in total. The molecule has 0 saturated heterocycles. The third-order valence-corrected chi connectivity index (χ3v) is 1.92. The van der Waals surface area contributed by atoms with Crippen LogP contribution in [-0.4, -0.2) is 11.6 Å². The molecule has 0 saturated carbocycles. The second kappa shape index (κ2) is 4.58. The summed E-state index contributed by atoms with van der Waals surface area (Å²) in [6.07, 6.45) is -4.77. The molecule has 0 amide bonds. The number of pyridine rings is 1. The van der Waals surface area contributed by atoms with Gasteiger partial charge in [0.1, 0.15) is 5.69 Å². The minimum absolute atomic E-state index is 0.352. The molecule has 0 unspecified atom stereocenters. The first-order valence-electron chi connectivity index (χ1n) is 3.60. The first-order valence-corrected chi connectivity index (χ1v) is 4.35. The van der Waals surface area contributed by atoms with E-state index in [1.807, 2.05) is 0 Å². The lowest BCUT2D eigenvalue weighted by atomic mass is 10.3. The molecule has 0 aliphatic carbocycles. The predicted octanol–water partition coefficient (Wildman–Crippen LogP) is 4.01. The third kappa shape index (κ3) is 3.08. The zero-order valence-electron chi connectivity index (χ0n) is 7.16. The predicted molar refractivity (Wildman–Crippen MR) is 45.9 cm³/mol. The number of halogens is 7. The molecule has 1 aromatic heterocycles. The van der Waals surface area contributed by atoms with Gasteiger partial charge in [0.25, 0.3) is 0 Å². The molecule has 1 heterocycles. The van der Waals surface area contributed by atoms with Crippen LogP contribution < -0.4 is 4.74 Å². The van der Waals surface area contributed by atoms with Gasteiger partial charge in [-0.05, 0) is 6.07 Å². The van der Waals surface area contributed by atoms with Gasteiger partial charge in [0.05, 0.1) is 5.02 Å². The smallest absolute Gasteiger partial charge is 0.430 e. The number of hydrogen-bond acceptors (Lipinski definition) is 2. The highest BCUT2D eigenvalue weighted by Crippen LogP contribution is 2.37. The van der Waals surface area contributed by atoms with Gasteiger partial charge >= 0.3 is 12.8 Å². The standard InChI is InChI=1S/C7H2Cl2F5NO/c8-2-1-3(7(12,13)14)15-5(9)4(2)16-6(10)11/h1,6H. The quantitative estimate of drug-likeness (QED) is 0.604. The van der Waals surface area contributed by atoms with Gasteiger partial charge in [-0.3, -0.25) is 0 Å². The van der Waals surface area contributed by atoms with Crippen LogP contribution >= 0.6 is 23.2 Å². The van der Waals surface area contributed by atoms with E-state index in [4.69, 9.17) is 23.2 Å². The van der Waals surface area contributed by atoms with Gasteiger partial charge < -0.3 is 4.74 Å². The lowest BCUT2D eigenvalue weighted by Gasteiger charge is -2.11. The fraction of sp³-hybridized carbons (Fsp3) is 0.286. The van der Waals surface area contributed by atoms with E-state index in [0.29, 0.717) is 6.07 Å². The number of alkyl halides is 5. The summed E-state index contributed by atoms with van der Waals surface area (Å²) >= 11 is 10.5. The molecule has 0 aromatic carbocycles. The Morgan fingerprint density at radius 2 is 1.81 bits per heavy atom. The molecule has 9 heteroatoms. The molecule has 0 radical (unpaired) electrons. The average molecular weight is 282 g/mol. The molecule has 1 aromatic rings. The van der Waals surface area contributed by atoms with Gasteiger partial charge in [0.2, 0.25) is 0 Å². The first-order chi connectivity index (χ1) is 7.21. The van der Waals surface area contributed by atoms with Crippen molar-refractivity contribution in [1.82, 2.24) is 4.98 Å². The highest BCUT2D eigenvalue weighted by molar-refractivity contribution is 6.36. The monoisotopic (exact) mass is 281 g/mol. The Bertz CT molecular complexity index is 372. The van der Waals surface area contributed by atoms with Crippen LogP contribution in [0, 0.1) is 0 Å². The lowest BCUT2D eigenvalue weighted by Crippen LogP contribution is -2.10. The van der Waals surface area contributed by atoms with Gasteiger partial charge in [0.15, 0.2) is 10.9 Å². The zero-order chi connectivity index (χ0) is 12.5. The fourth-order valence-electron chi connectivity index (χ4n) is 0.812. The van der Waals surface area contributed by atoms with E-state index in [0.717, 1.165) is 0 Å². The summed E-state index contributed by atoms with van der Waals surface area (Å²) in [6.45, 7) is -3.26. The van der Waals surface area contributed by atoms with Crippen LogP contribution in [-0.2, 0) is 6.18 Å². The Labute approximate surface area is 95.9 Å². The minimum Gasteiger partial charge on any atom is -0.430 e. The first kappa shape index (κ1) is 13.2. The van der Waals surface area contributed by atoms with E-state index in [1.54, 1.807) is 0 Å². The van der Waals surface area contributed by atoms with Crippen molar-refractivity contribution < 1.29 is 26.7 Å². The molecule has 0 bridgehead atoms. The highest BCUT2D eigenvalue weighted by Gasteiger charge is 2.34. The van der Waals surface area contributed by atoms with Crippen molar-refractivity contribution in [1.29, 1.82) is 0 Å². The topological polar surface area (TPSA) is 22.1 Å². The Kier molecular flexibility index (Phi) is 3.80. The van der Waals surface area contributed by atoms with Crippen LogP contribution in [0.5, 0.6) is 5.75 Å². The molecule has 0 N–H and O–H groups in total. The van der Waals surface area contributed by atoms with E-state index in [-0.39, 0.29) is 0 Å². The van der Waals surface area contributed by atoms with E-state index in [2.05, 4.69) is 9.72 Å². The normalized spacial score (nSPS) is 12.0. The van der Waals surface area contributed by atoms with E-state index >= 15 is 0 Å². The Balaban J connectivity index is 3.18. The molecular formula is C7H2Cl2F5NO. The van der Waals surface area contributed by atoms with Crippen molar-refractivity contribution in [2.45, 2.75) is 12.8 Å². The van der Waals surface area contributed by atoms with Gasteiger partial charge in [-0.15, -0.1) is 0 Å². The Morgan fingerprint density at radius 3 is 2.19 bits per heavy atom. The molecule has 90 valence electrons. The molecule has 0 atom stereocenters. The van der Waals surface area contributed by atoms with Crippen LogP contribution in [0.2, 0.25) is 10.2 Å². The summed E-state index contributed by atoms with van der Waals surface area (Å²) in [7, 11) is 0. The molecule has 16 heavy (non-hydrogen) atoms. The van der Waals surface area contributed by atoms with E-state index in [1.165, 1.54) is 0 Å². The van der Waals surface area contributed by atoms with Gasteiger partial charge in [-0.1, -0.05) is 23.2 Å². The zero-order valence-corrected chi connectivity index (χ0v) is 8.67. The number of aromatic nitrogens is 1. The second-order valence-electron chi connectivity index (χ2n) is 2.49. The van der Waals surface area contributed by atoms with Gasteiger partial charge in [-0.2, -0.15) is 22.0 Å². The molecule has 0 aliphatic rings. The van der Waals surface area contributed by atoms with E-state index < -0.39 is 34.4 Å². The molecular weight excluding hydrogens is 280 g/mol. The SMILES string of the molecule is FC(F)Oc1c(Cl)cc(C(F)(F)F)nc1Cl. The molecule has 0 fully saturated rings. The molecule has 0 aliphatic heterocycles. The maximum Gasteiger partial charge on any atom is 0.433 e.